The van der Waals surface area contributed by atoms with Gasteiger partial charge in [-0.15, -0.1) is 0 Å². The third kappa shape index (κ3) is 3.50. The molecule has 0 atom stereocenters. The zero-order valence-electron chi connectivity index (χ0n) is 10.6. The Bertz CT molecular complexity index is 543. The van der Waals surface area contributed by atoms with E-state index in [-0.39, 0.29) is 6.42 Å². The normalized spacial score (nSPS) is 12.2. The highest BCUT2D eigenvalue weighted by atomic mass is 19.4. The fourth-order valence-electron chi connectivity index (χ4n) is 2.31. The van der Waals surface area contributed by atoms with Crippen LogP contribution in [0.15, 0.2) is 30.5 Å². The van der Waals surface area contributed by atoms with Crippen LogP contribution in [0.2, 0.25) is 0 Å². The molecule has 0 radical (unpaired) electrons. The summed E-state index contributed by atoms with van der Waals surface area (Å²) in [5, 5.41) is 1.08. The molecular weight excluding hydrogens is 253 g/mol. The number of nitrogens with zero attached hydrogens (tertiary/aromatic N) is 1. The molecule has 0 unspecified atom stereocenters. The van der Waals surface area contributed by atoms with Crippen LogP contribution in [-0.2, 0) is 13.0 Å². The molecule has 0 fully saturated rings. The molecule has 0 spiro atoms. The Balaban J connectivity index is 2.14. The van der Waals surface area contributed by atoms with Gasteiger partial charge in [-0.3, -0.25) is 0 Å². The highest BCUT2D eigenvalue weighted by molar-refractivity contribution is 5.83. The second-order valence-corrected chi connectivity index (χ2v) is 4.62. The van der Waals surface area contributed by atoms with Crippen molar-refractivity contribution in [3.63, 3.8) is 0 Å². The molecule has 0 aliphatic heterocycles. The van der Waals surface area contributed by atoms with Crippen LogP contribution in [0.5, 0.6) is 0 Å². The first-order valence-electron chi connectivity index (χ1n) is 6.35. The number of halogens is 3. The summed E-state index contributed by atoms with van der Waals surface area (Å²) in [6.45, 7) is 0.952. The van der Waals surface area contributed by atoms with Crippen molar-refractivity contribution in [1.29, 1.82) is 0 Å². The Kier molecular flexibility index (Phi) is 4.14. The third-order valence-electron chi connectivity index (χ3n) is 3.18. The predicted molar refractivity (Wildman–Crippen MR) is 70.0 cm³/mol. The molecule has 0 aliphatic rings. The lowest BCUT2D eigenvalue weighted by molar-refractivity contribution is -0.135. The monoisotopic (exact) mass is 270 g/mol. The highest BCUT2D eigenvalue weighted by Crippen LogP contribution is 2.24. The number of alkyl halides is 3. The smallest absolute Gasteiger partial charge is 0.347 e. The van der Waals surface area contributed by atoms with Crippen LogP contribution in [-0.4, -0.2) is 17.3 Å². The molecule has 2 nitrogen and oxygen atoms in total. The van der Waals surface area contributed by atoms with E-state index in [1.165, 1.54) is 0 Å². The molecule has 0 amide bonds. The minimum absolute atomic E-state index is 0.106. The van der Waals surface area contributed by atoms with Gasteiger partial charge in [0.25, 0.3) is 0 Å². The quantitative estimate of drug-likeness (QED) is 0.886. The van der Waals surface area contributed by atoms with Crippen molar-refractivity contribution in [3.05, 3.63) is 36.0 Å². The van der Waals surface area contributed by atoms with Gasteiger partial charge in [-0.25, -0.2) is 0 Å². The van der Waals surface area contributed by atoms with E-state index >= 15 is 0 Å². The molecule has 0 aliphatic carbocycles. The number of rotatable bonds is 5. The Morgan fingerprint density at radius 3 is 2.63 bits per heavy atom. The van der Waals surface area contributed by atoms with Crippen LogP contribution < -0.4 is 5.73 Å². The number of nitrogens with two attached hydrogens (primary N) is 1. The molecule has 1 aromatic carbocycles. The maximum atomic E-state index is 12.1. The minimum Gasteiger partial charge on any atom is -0.347 e. The molecule has 1 aromatic heterocycles. The van der Waals surface area contributed by atoms with Crippen LogP contribution in [0.4, 0.5) is 13.2 Å². The van der Waals surface area contributed by atoms with E-state index in [0.717, 1.165) is 22.9 Å². The summed E-state index contributed by atoms with van der Waals surface area (Å²) in [6, 6.07) is 7.82. The van der Waals surface area contributed by atoms with Gasteiger partial charge in [0.15, 0.2) is 0 Å². The zero-order chi connectivity index (χ0) is 13.9. The van der Waals surface area contributed by atoms with E-state index in [1.807, 2.05) is 35.0 Å². The number of aryl methyl sites for hydroxylation is 1. The van der Waals surface area contributed by atoms with E-state index in [0.29, 0.717) is 13.1 Å². The van der Waals surface area contributed by atoms with Gasteiger partial charge in [0.2, 0.25) is 0 Å². The van der Waals surface area contributed by atoms with Crippen LogP contribution >= 0.6 is 0 Å². The number of fused-ring (bicyclic) bond motifs is 1. The summed E-state index contributed by atoms with van der Waals surface area (Å²) in [5.74, 6) is 0. The van der Waals surface area contributed by atoms with Crippen molar-refractivity contribution in [2.75, 3.05) is 6.54 Å². The van der Waals surface area contributed by atoms with Gasteiger partial charge in [-0.05, 0) is 37.1 Å². The second-order valence-electron chi connectivity index (χ2n) is 4.62. The Morgan fingerprint density at radius 2 is 1.95 bits per heavy atom. The summed E-state index contributed by atoms with van der Waals surface area (Å²) < 4.78 is 38.3. The fraction of sp³-hybridized carbons (Fsp3) is 0.429. The largest absolute Gasteiger partial charge is 0.389 e. The molecule has 104 valence electrons. The van der Waals surface area contributed by atoms with Crippen molar-refractivity contribution < 1.29 is 13.2 Å². The highest BCUT2D eigenvalue weighted by Gasteiger charge is 2.26. The molecule has 19 heavy (non-hydrogen) atoms. The summed E-state index contributed by atoms with van der Waals surface area (Å²) in [4.78, 5) is 0. The van der Waals surface area contributed by atoms with Crippen molar-refractivity contribution >= 4 is 10.9 Å². The summed E-state index contributed by atoms with van der Waals surface area (Å²) in [5.41, 5.74) is 7.68. The first kappa shape index (κ1) is 13.9. The lowest BCUT2D eigenvalue weighted by atomic mass is 10.1. The average Bonchev–Trinajstić information content (AvgIpc) is 2.73. The van der Waals surface area contributed by atoms with E-state index in [1.54, 1.807) is 0 Å². The third-order valence-corrected chi connectivity index (χ3v) is 3.18. The number of benzene rings is 1. The average molecular weight is 270 g/mol. The summed E-state index contributed by atoms with van der Waals surface area (Å²) in [7, 11) is 0. The van der Waals surface area contributed by atoms with Crippen LogP contribution in [0.3, 0.4) is 0 Å². The Morgan fingerprint density at radius 1 is 1.16 bits per heavy atom. The van der Waals surface area contributed by atoms with Gasteiger partial charge in [0.05, 0.1) is 0 Å². The van der Waals surface area contributed by atoms with Crippen molar-refractivity contribution in [3.8, 4) is 0 Å². The topological polar surface area (TPSA) is 30.9 Å². The molecule has 2 rings (SSSR count). The van der Waals surface area contributed by atoms with Crippen LogP contribution in [0.1, 0.15) is 18.4 Å². The number of aromatic nitrogens is 1. The van der Waals surface area contributed by atoms with Gasteiger partial charge in [-0.2, -0.15) is 13.2 Å². The Labute approximate surface area is 110 Å². The number of hydrogen-bond donors (Lipinski definition) is 1. The first-order valence-corrected chi connectivity index (χ1v) is 6.35. The number of hydrogen-bond acceptors (Lipinski definition) is 1. The maximum absolute atomic E-state index is 12.1. The molecular formula is C14H17F3N2. The summed E-state index contributed by atoms with van der Waals surface area (Å²) >= 11 is 0. The Hall–Kier alpha value is -1.49. The van der Waals surface area contributed by atoms with E-state index in [2.05, 4.69) is 0 Å². The molecule has 1 heterocycles. The first-order chi connectivity index (χ1) is 9.01. The molecule has 0 bridgehead atoms. The van der Waals surface area contributed by atoms with Gasteiger partial charge < -0.3 is 10.3 Å². The predicted octanol–water partition coefficient (Wildman–Crippen LogP) is 3.49. The fourth-order valence-corrected chi connectivity index (χ4v) is 2.31. The zero-order valence-corrected chi connectivity index (χ0v) is 10.6. The van der Waals surface area contributed by atoms with Gasteiger partial charge in [0.1, 0.15) is 0 Å². The lowest BCUT2D eigenvalue weighted by Crippen LogP contribution is -2.09. The maximum Gasteiger partial charge on any atom is 0.389 e. The molecule has 0 saturated heterocycles. The van der Waals surface area contributed by atoms with E-state index < -0.39 is 12.6 Å². The minimum atomic E-state index is -4.08. The van der Waals surface area contributed by atoms with Crippen molar-refractivity contribution in [2.45, 2.75) is 32.0 Å². The van der Waals surface area contributed by atoms with Gasteiger partial charge in [0, 0.05) is 30.1 Å². The van der Waals surface area contributed by atoms with E-state index in [9.17, 15) is 13.2 Å². The van der Waals surface area contributed by atoms with Gasteiger partial charge >= 0.3 is 6.18 Å². The SMILES string of the molecule is NCCc1cccc2c1ccn2CCCC(F)(F)F. The standard InChI is InChI=1S/C14H17F3N2/c15-14(16,17)7-2-9-19-10-6-12-11(5-8-18)3-1-4-13(12)19/h1,3-4,6,10H,2,5,7-9,18H2. The molecule has 2 aromatic rings. The summed E-state index contributed by atoms with van der Waals surface area (Å²) in [6.07, 6.45) is -2.08. The molecule has 2 N–H and O–H groups in total. The van der Waals surface area contributed by atoms with Crippen LogP contribution in [0, 0.1) is 0 Å². The van der Waals surface area contributed by atoms with E-state index in [4.69, 9.17) is 5.73 Å². The second kappa shape index (κ2) is 5.65. The van der Waals surface area contributed by atoms with Crippen molar-refractivity contribution in [1.82, 2.24) is 4.57 Å². The lowest BCUT2D eigenvalue weighted by Gasteiger charge is -2.08. The van der Waals surface area contributed by atoms with Crippen molar-refractivity contribution in [2.24, 2.45) is 5.73 Å². The molecule has 0 saturated carbocycles. The van der Waals surface area contributed by atoms with Crippen LogP contribution in [0.25, 0.3) is 10.9 Å². The van der Waals surface area contributed by atoms with Gasteiger partial charge in [-0.1, -0.05) is 12.1 Å². The molecule has 5 heteroatoms.